The number of fused-ring (bicyclic) bond motifs is 3. The molecular weight excluding hydrogens is 361 g/mol. The van der Waals surface area contributed by atoms with Gasteiger partial charge in [0.25, 0.3) is 0 Å². The van der Waals surface area contributed by atoms with Crippen LogP contribution in [-0.2, 0) is 9.31 Å². The number of benzene rings is 1. The molecule has 0 radical (unpaired) electrons. The third kappa shape index (κ3) is 2.87. The monoisotopic (exact) mass is 387 g/mol. The van der Waals surface area contributed by atoms with Crippen LogP contribution in [0, 0.1) is 0 Å². The summed E-state index contributed by atoms with van der Waals surface area (Å²) in [6, 6.07) is 10.4. The summed E-state index contributed by atoms with van der Waals surface area (Å²) in [7, 11) is -0.403. The number of hydrogen-bond acceptors (Lipinski definition) is 4. The van der Waals surface area contributed by atoms with Crippen molar-refractivity contribution in [1.29, 1.82) is 0 Å². The molecule has 3 aromatic rings. The molecular formula is C24H26BNO3. The Morgan fingerprint density at radius 3 is 2.48 bits per heavy atom. The molecule has 0 amide bonds. The van der Waals surface area contributed by atoms with E-state index in [-0.39, 0.29) is 11.2 Å². The molecule has 0 spiro atoms. The van der Waals surface area contributed by atoms with Crippen LogP contribution in [0.25, 0.3) is 28.3 Å². The number of rotatable bonds is 2. The Morgan fingerprint density at radius 1 is 1.03 bits per heavy atom. The normalized spacial score (nSPS) is 22.2. The Hall–Kier alpha value is -2.37. The molecule has 1 atom stereocenters. The summed E-state index contributed by atoms with van der Waals surface area (Å²) < 4.78 is 18.5. The van der Waals surface area contributed by atoms with E-state index in [2.05, 4.69) is 65.0 Å². The lowest BCUT2D eigenvalue weighted by Gasteiger charge is -2.32. The molecule has 1 saturated heterocycles. The van der Waals surface area contributed by atoms with Crippen molar-refractivity contribution >= 4 is 29.6 Å². The molecule has 3 heterocycles. The van der Waals surface area contributed by atoms with Gasteiger partial charge in [0.1, 0.15) is 11.3 Å². The molecule has 1 aliphatic heterocycles. The average molecular weight is 387 g/mol. The quantitative estimate of drug-likeness (QED) is 0.559. The largest absolute Gasteiger partial charge is 0.496 e. The molecule has 0 saturated carbocycles. The minimum absolute atomic E-state index is 0.362. The average Bonchev–Trinajstić information content (AvgIpc) is 3.16. The topological polar surface area (TPSA) is 44.5 Å². The van der Waals surface area contributed by atoms with Crippen LogP contribution in [0.4, 0.5) is 0 Å². The van der Waals surface area contributed by atoms with E-state index in [0.717, 1.165) is 34.5 Å². The van der Waals surface area contributed by atoms with E-state index in [1.165, 1.54) is 10.9 Å². The maximum atomic E-state index is 6.25. The van der Waals surface area contributed by atoms with Crippen LogP contribution in [0.15, 0.2) is 47.0 Å². The number of para-hydroxylation sites is 1. The van der Waals surface area contributed by atoms with Gasteiger partial charge in [-0.05, 0) is 58.2 Å². The third-order valence-electron chi connectivity index (χ3n) is 6.62. The highest BCUT2D eigenvalue weighted by molar-refractivity contribution is 6.62. The van der Waals surface area contributed by atoms with Gasteiger partial charge in [-0.15, -0.1) is 0 Å². The molecule has 1 aliphatic carbocycles. The second kappa shape index (κ2) is 6.31. The highest BCUT2D eigenvalue weighted by Gasteiger charge is 2.51. The standard InChI is InChI=1S/C24H26BNO3/c1-15-8-6-11-20-21(15)18-10-7-9-17(22(18)27-20)19-13-12-16(14-26-19)25-28-23(2,3)24(4,5)29-25/h6-7,9-15H,8H2,1-5H3. The predicted octanol–water partition coefficient (Wildman–Crippen LogP) is 5.31. The molecule has 1 unspecified atom stereocenters. The summed E-state index contributed by atoms with van der Waals surface area (Å²) in [5.41, 5.74) is 4.31. The van der Waals surface area contributed by atoms with Crippen LogP contribution < -0.4 is 5.46 Å². The van der Waals surface area contributed by atoms with Gasteiger partial charge >= 0.3 is 7.12 Å². The van der Waals surface area contributed by atoms with E-state index in [9.17, 15) is 0 Å². The molecule has 29 heavy (non-hydrogen) atoms. The number of allylic oxidation sites excluding steroid dienone is 1. The van der Waals surface area contributed by atoms with E-state index in [1.54, 1.807) is 0 Å². The van der Waals surface area contributed by atoms with Crippen LogP contribution in [-0.4, -0.2) is 23.3 Å². The maximum Gasteiger partial charge on any atom is 0.496 e. The second-order valence-corrected chi connectivity index (χ2v) is 9.17. The fourth-order valence-electron chi connectivity index (χ4n) is 4.17. The van der Waals surface area contributed by atoms with Gasteiger partial charge in [0.2, 0.25) is 0 Å². The lowest BCUT2D eigenvalue weighted by molar-refractivity contribution is 0.00578. The summed E-state index contributed by atoms with van der Waals surface area (Å²) in [4.78, 5) is 4.73. The summed E-state index contributed by atoms with van der Waals surface area (Å²) in [6.45, 7) is 10.5. The molecule has 1 fully saturated rings. The lowest BCUT2D eigenvalue weighted by Crippen LogP contribution is -2.41. The first-order chi connectivity index (χ1) is 13.8. The highest BCUT2D eigenvalue weighted by atomic mass is 16.7. The van der Waals surface area contributed by atoms with Crippen molar-refractivity contribution in [2.24, 2.45) is 0 Å². The second-order valence-electron chi connectivity index (χ2n) is 9.17. The first-order valence-corrected chi connectivity index (χ1v) is 10.3. The number of aromatic nitrogens is 1. The van der Waals surface area contributed by atoms with Crippen molar-refractivity contribution < 1.29 is 13.7 Å². The van der Waals surface area contributed by atoms with Gasteiger partial charge in [-0.3, -0.25) is 4.98 Å². The van der Waals surface area contributed by atoms with Gasteiger partial charge < -0.3 is 13.7 Å². The number of hydrogen-bond donors (Lipinski definition) is 0. The molecule has 148 valence electrons. The smallest absolute Gasteiger partial charge is 0.456 e. The maximum absolute atomic E-state index is 6.25. The molecule has 0 N–H and O–H groups in total. The summed E-state index contributed by atoms with van der Waals surface area (Å²) in [5.74, 6) is 1.44. The van der Waals surface area contributed by atoms with Crippen molar-refractivity contribution in [2.75, 3.05) is 0 Å². The van der Waals surface area contributed by atoms with Crippen LogP contribution in [0.2, 0.25) is 0 Å². The van der Waals surface area contributed by atoms with Crippen molar-refractivity contribution in [1.82, 2.24) is 4.98 Å². The Morgan fingerprint density at radius 2 is 1.79 bits per heavy atom. The van der Waals surface area contributed by atoms with Gasteiger partial charge in [-0.1, -0.05) is 31.2 Å². The van der Waals surface area contributed by atoms with Gasteiger partial charge in [-0.2, -0.15) is 0 Å². The fourth-order valence-corrected chi connectivity index (χ4v) is 4.17. The van der Waals surface area contributed by atoms with Gasteiger partial charge in [0, 0.05) is 28.2 Å². The Balaban J connectivity index is 1.52. The zero-order valence-electron chi connectivity index (χ0n) is 17.7. The van der Waals surface area contributed by atoms with Crippen LogP contribution in [0.1, 0.15) is 58.3 Å². The van der Waals surface area contributed by atoms with Crippen LogP contribution in [0.5, 0.6) is 0 Å². The summed E-state index contributed by atoms with van der Waals surface area (Å²) in [6.07, 6.45) is 7.18. The van der Waals surface area contributed by atoms with Gasteiger partial charge in [0.05, 0.1) is 16.9 Å². The Labute approximate surface area is 172 Å². The van der Waals surface area contributed by atoms with E-state index in [4.69, 9.17) is 18.7 Å². The summed E-state index contributed by atoms with van der Waals surface area (Å²) in [5, 5.41) is 1.19. The molecule has 5 heteroatoms. The zero-order chi connectivity index (χ0) is 20.4. The molecule has 2 aliphatic rings. The first kappa shape index (κ1) is 18.7. The van der Waals surface area contributed by atoms with Crippen LogP contribution in [0.3, 0.4) is 0 Å². The zero-order valence-corrected chi connectivity index (χ0v) is 17.7. The van der Waals surface area contributed by atoms with Gasteiger partial charge in [-0.25, -0.2) is 0 Å². The number of nitrogens with zero attached hydrogens (tertiary/aromatic N) is 1. The third-order valence-corrected chi connectivity index (χ3v) is 6.62. The molecule has 5 rings (SSSR count). The molecule has 2 aromatic heterocycles. The van der Waals surface area contributed by atoms with Crippen molar-refractivity contribution in [2.45, 2.75) is 58.2 Å². The van der Waals surface area contributed by atoms with Crippen molar-refractivity contribution in [3.63, 3.8) is 0 Å². The van der Waals surface area contributed by atoms with E-state index in [1.807, 2.05) is 18.3 Å². The lowest BCUT2D eigenvalue weighted by atomic mass is 9.80. The first-order valence-electron chi connectivity index (χ1n) is 10.3. The predicted molar refractivity (Wildman–Crippen MR) is 117 cm³/mol. The molecule has 1 aromatic carbocycles. The van der Waals surface area contributed by atoms with Crippen LogP contribution >= 0.6 is 0 Å². The minimum atomic E-state index is -0.403. The molecule has 4 nitrogen and oxygen atoms in total. The van der Waals surface area contributed by atoms with E-state index >= 15 is 0 Å². The Kier molecular flexibility index (Phi) is 4.06. The van der Waals surface area contributed by atoms with Crippen molar-refractivity contribution in [3.8, 4) is 11.3 Å². The Bertz CT molecular complexity index is 1100. The van der Waals surface area contributed by atoms with Gasteiger partial charge in [0.15, 0.2) is 0 Å². The number of pyridine rings is 1. The van der Waals surface area contributed by atoms with E-state index in [0.29, 0.717) is 5.92 Å². The fraction of sp³-hybridized carbons (Fsp3) is 0.375. The van der Waals surface area contributed by atoms with Crippen molar-refractivity contribution in [3.05, 3.63) is 53.9 Å². The SMILES string of the molecule is CC1CC=Cc2oc3c(-c4ccc(B5OC(C)(C)C(C)(C)O5)cn4)cccc3c21. The van der Waals surface area contributed by atoms with E-state index < -0.39 is 7.12 Å². The number of furan rings is 1. The summed E-state index contributed by atoms with van der Waals surface area (Å²) >= 11 is 0. The minimum Gasteiger partial charge on any atom is -0.456 e. The highest BCUT2D eigenvalue weighted by Crippen LogP contribution is 2.41. The molecule has 0 bridgehead atoms.